The van der Waals surface area contributed by atoms with Crippen LogP contribution < -0.4 is 4.74 Å². The first-order valence-corrected chi connectivity index (χ1v) is 6.83. The molecule has 1 aromatic carbocycles. The number of aromatic carboxylic acids is 1. The van der Waals surface area contributed by atoms with Crippen molar-refractivity contribution in [1.29, 1.82) is 0 Å². The highest BCUT2D eigenvalue weighted by Gasteiger charge is 2.14. The van der Waals surface area contributed by atoms with Gasteiger partial charge in [0.05, 0.1) is 5.69 Å². The molecule has 5 heteroatoms. The summed E-state index contributed by atoms with van der Waals surface area (Å²) in [6, 6.07) is 7.83. The van der Waals surface area contributed by atoms with Crippen molar-refractivity contribution in [2.24, 2.45) is 0 Å². The average Bonchev–Trinajstić information content (AvgIpc) is 2.78. The first kappa shape index (κ1) is 13.5. The fraction of sp³-hybridized carbons (Fsp3) is 0.286. The van der Waals surface area contributed by atoms with E-state index in [4.69, 9.17) is 9.84 Å². The summed E-state index contributed by atoms with van der Waals surface area (Å²) in [5.74, 6) is -0.107. The van der Waals surface area contributed by atoms with Crippen LogP contribution in [-0.2, 0) is 13.0 Å². The van der Waals surface area contributed by atoms with Crippen molar-refractivity contribution in [1.82, 2.24) is 4.98 Å². The Labute approximate surface area is 115 Å². The lowest BCUT2D eigenvalue weighted by Crippen LogP contribution is -1.97. The van der Waals surface area contributed by atoms with Gasteiger partial charge in [-0.3, -0.25) is 0 Å². The van der Waals surface area contributed by atoms with Crippen molar-refractivity contribution < 1.29 is 14.6 Å². The number of aromatic nitrogens is 1. The zero-order valence-corrected chi connectivity index (χ0v) is 11.7. The second kappa shape index (κ2) is 5.84. The fourth-order valence-corrected chi connectivity index (χ4v) is 2.61. The lowest BCUT2D eigenvalue weighted by atomic mass is 10.1. The Kier molecular flexibility index (Phi) is 4.16. The number of carboxylic acid groups (broad SMARTS) is 1. The molecule has 0 radical (unpaired) electrons. The van der Waals surface area contributed by atoms with Crippen LogP contribution in [0.3, 0.4) is 0 Å². The predicted molar refractivity (Wildman–Crippen MR) is 74.0 cm³/mol. The molecular weight excluding hydrogens is 262 g/mol. The van der Waals surface area contributed by atoms with Gasteiger partial charge in [-0.05, 0) is 25.0 Å². The number of para-hydroxylation sites is 1. The molecular formula is C14H15NO3S. The van der Waals surface area contributed by atoms with E-state index in [1.807, 2.05) is 24.3 Å². The molecule has 4 nitrogen and oxygen atoms in total. The van der Waals surface area contributed by atoms with Gasteiger partial charge in [0, 0.05) is 0 Å². The van der Waals surface area contributed by atoms with Crippen molar-refractivity contribution >= 4 is 17.3 Å². The van der Waals surface area contributed by atoms with E-state index >= 15 is 0 Å². The van der Waals surface area contributed by atoms with E-state index < -0.39 is 5.97 Å². The number of benzene rings is 1. The van der Waals surface area contributed by atoms with Crippen LogP contribution in [0.2, 0.25) is 0 Å². The van der Waals surface area contributed by atoms with Gasteiger partial charge in [-0.25, -0.2) is 9.78 Å². The zero-order valence-electron chi connectivity index (χ0n) is 10.8. The smallest absolute Gasteiger partial charge is 0.347 e. The minimum Gasteiger partial charge on any atom is -0.486 e. The Morgan fingerprint density at radius 2 is 2.16 bits per heavy atom. The summed E-state index contributed by atoms with van der Waals surface area (Å²) in [7, 11) is 0. The number of hydrogen-bond donors (Lipinski definition) is 1. The summed E-state index contributed by atoms with van der Waals surface area (Å²) in [5.41, 5.74) is 1.68. The zero-order chi connectivity index (χ0) is 13.8. The Morgan fingerprint density at radius 3 is 2.79 bits per heavy atom. The highest BCUT2D eigenvalue weighted by Crippen LogP contribution is 2.22. The topological polar surface area (TPSA) is 59.4 Å². The van der Waals surface area contributed by atoms with E-state index in [0.717, 1.165) is 29.1 Å². The van der Waals surface area contributed by atoms with E-state index in [9.17, 15) is 4.79 Å². The molecule has 0 aliphatic heterocycles. The highest BCUT2D eigenvalue weighted by molar-refractivity contribution is 7.13. The van der Waals surface area contributed by atoms with Crippen molar-refractivity contribution in [3.63, 3.8) is 0 Å². The monoisotopic (exact) mass is 277 g/mol. The number of hydrogen-bond acceptors (Lipinski definition) is 4. The minimum absolute atomic E-state index is 0.280. The van der Waals surface area contributed by atoms with Gasteiger partial charge in [-0.2, -0.15) is 0 Å². The number of carboxylic acids is 1. The molecule has 2 aromatic rings. The van der Waals surface area contributed by atoms with Crippen LogP contribution in [0.5, 0.6) is 5.75 Å². The van der Waals surface area contributed by atoms with Crippen molar-refractivity contribution in [3.05, 3.63) is 45.4 Å². The molecule has 0 saturated heterocycles. The standard InChI is InChI=1S/C14H15NO3S/c1-3-10-6-4-5-7-11(10)18-8-12-15-9(2)13(19-12)14(16)17/h4-7H,3,8H2,1-2H3,(H,16,17). The van der Waals surface area contributed by atoms with Crippen LogP contribution in [0.25, 0.3) is 0 Å². The Morgan fingerprint density at radius 1 is 1.42 bits per heavy atom. The average molecular weight is 277 g/mol. The third-order valence-corrected chi connectivity index (χ3v) is 3.86. The van der Waals surface area contributed by atoms with Crippen LogP contribution in [0, 0.1) is 6.92 Å². The molecule has 0 aliphatic rings. The van der Waals surface area contributed by atoms with Crippen LogP contribution in [0.4, 0.5) is 0 Å². The maximum atomic E-state index is 10.9. The molecule has 0 atom stereocenters. The Hall–Kier alpha value is -1.88. The molecule has 0 bridgehead atoms. The molecule has 100 valence electrons. The second-order valence-corrected chi connectivity index (χ2v) is 5.16. The second-order valence-electron chi connectivity index (χ2n) is 4.08. The summed E-state index contributed by atoms with van der Waals surface area (Å²) in [6.45, 7) is 4.07. The molecule has 0 unspecified atom stereocenters. The van der Waals surface area contributed by atoms with E-state index in [1.165, 1.54) is 0 Å². The van der Waals surface area contributed by atoms with Gasteiger partial charge in [0.2, 0.25) is 0 Å². The number of ether oxygens (including phenoxy) is 1. The van der Waals surface area contributed by atoms with Gasteiger partial charge < -0.3 is 9.84 Å². The summed E-state index contributed by atoms with van der Waals surface area (Å²) in [4.78, 5) is 15.4. The lowest BCUT2D eigenvalue weighted by Gasteiger charge is -2.08. The maximum Gasteiger partial charge on any atom is 0.347 e. The van der Waals surface area contributed by atoms with Crippen LogP contribution in [0.1, 0.15) is 32.9 Å². The normalized spacial score (nSPS) is 10.4. The minimum atomic E-state index is -0.935. The number of thiazole rings is 1. The first-order chi connectivity index (χ1) is 9.11. The third kappa shape index (κ3) is 3.12. The Balaban J connectivity index is 2.10. The van der Waals surface area contributed by atoms with Crippen molar-refractivity contribution in [2.75, 3.05) is 0 Å². The molecule has 1 aromatic heterocycles. The first-order valence-electron chi connectivity index (χ1n) is 6.02. The quantitative estimate of drug-likeness (QED) is 0.911. The molecule has 2 rings (SSSR count). The number of aryl methyl sites for hydroxylation is 2. The van der Waals surface area contributed by atoms with E-state index in [-0.39, 0.29) is 4.88 Å². The predicted octanol–water partition coefficient (Wildman–Crippen LogP) is 3.29. The van der Waals surface area contributed by atoms with Gasteiger partial charge in [0.25, 0.3) is 0 Å². The van der Waals surface area contributed by atoms with Gasteiger partial charge in [-0.1, -0.05) is 25.1 Å². The number of nitrogens with zero attached hydrogens (tertiary/aromatic N) is 1. The third-order valence-electron chi connectivity index (χ3n) is 2.74. The van der Waals surface area contributed by atoms with E-state index in [1.54, 1.807) is 6.92 Å². The highest BCUT2D eigenvalue weighted by atomic mass is 32.1. The van der Waals surface area contributed by atoms with Gasteiger partial charge in [0.1, 0.15) is 22.2 Å². The number of rotatable bonds is 5. The maximum absolute atomic E-state index is 10.9. The fourth-order valence-electron chi connectivity index (χ4n) is 1.79. The molecule has 0 fully saturated rings. The molecule has 1 N–H and O–H groups in total. The summed E-state index contributed by atoms with van der Waals surface area (Å²) in [6.07, 6.45) is 0.896. The van der Waals surface area contributed by atoms with E-state index in [2.05, 4.69) is 11.9 Å². The molecule has 0 saturated carbocycles. The molecule has 19 heavy (non-hydrogen) atoms. The van der Waals surface area contributed by atoms with Crippen LogP contribution in [-0.4, -0.2) is 16.1 Å². The molecule has 0 spiro atoms. The molecule has 0 aliphatic carbocycles. The van der Waals surface area contributed by atoms with Gasteiger partial charge >= 0.3 is 5.97 Å². The largest absolute Gasteiger partial charge is 0.486 e. The summed E-state index contributed by atoms with van der Waals surface area (Å²) >= 11 is 1.16. The van der Waals surface area contributed by atoms with Crippen LogP contribution >= 0.6 is 11.3 Å². The molecule has 1 heterocycles. The lowest BCUT2D eigenvalue weighted by molar-refractivity contribution is 0.0701. The Bertz CT molecular complexity index is 592. The van der Waals surface area contributed by atoms with Crippen LogP contribution in [0.15, 0.2) is 24.3 Å². The SMILES string of the molecule is CCc1ccccc1OCc1nc(C)c(C(=O)O)s1. The molecule has 0 amide bonds. The summed E-state index contributed by atoms with van der Waals surface area (Å²) in [5, 5.41) is 9.66. The summed E-state index contributed by atoms with van der Waals surface area (Å²) < 4.78 is 5.72. The van der Waals surface area contributed by atoms with E-state index in [0.29, 0.717) is 17.3 Å². The number of carbonyl (C=O) groups is 1. The van der Waals surface area contributed by atoms with Gasteiger partial charge in [0.15, 0.2) is 0 Å². The van der Waals surface area contributed by atoms with Crippen molar-refractivity contribution in [3.8, 4) is 5.75 Å². The van der Waals surface area contributed by atoms with Crippen molar-refractivity contribution in [2.45, 2.75) is 26.9 Å². The van der Waals surface area contributed by atoms with Gasteiger partial charge in [-0.15, -0.1) is 11.3 Å².